The molecule has 0 bridgehead atoms. The van der Waals surface area contributed by atoms with Crippen molar-refractivity contribution in [3.05, 3.63) is 66.4 Å². The number of rotatable bonds is 5. The molecule has 2 aliphatic heterocycles. The molecule has 0 radical (unpaired) electrons. The van der Waals surface area contributed by atoms with Crippen molar-refractivity contribution in [2.45, 2.75) is 60.9 Å². The van der Waals surface area contributed by atoms with Gasteiger partial charge >= 0.3 is 0 Å². The van der Waals surface area contributed by atoms with Crippen LogP contribution in [0.5, 0.6) is 0 Å². The molecule has 13 heteroatoms. The Bertz CT molecular complexity index is 1700. The number of hydrogen-bond donors (Lipinski definition) is 1. The van der Waals surface area contributed by atoms with Gasteiger partial charge in [0.1, 0.15) is 27.7 Å². The third-order valence-corrected chi connectivity index (χ3v) is 11.2. The number of aromatic nitrogens is 7. The summed E-state index contributed by atoms with van der Waals surface area (Å²) in [7, 11) is 0. The molecular formula is C27H30ClN9OS2. The first-order valence-corrected chi connectivity index (χ1v) is 15.6. The van der Waals surface area contributed by atoms with Gasteiger partial charge in [-0.1, -0.05) is 23.4 Å². The van der Waals surface area contributed by atoms with Gasteiger partial charge in [-0.2, -0.15) is 5.10 Å². The zero-order valence-electron chi connectivity index (χ0n) is 22.5. The van der Waals surface area contributed by atoms with Gasteiger partial charge in [0.25, 0.3) is 0 Å². The van der Waals surface area contributed by atoms with Crippen molar-refractivity contribution in [3.63, 3.8) is 0 Å². The first-order valence-electron chi connectivity index (χ1n) is 13.3. The van der Waals surface area contributed by atoms with E-state index < -0.39 is 11.4 Å². The van der Waals surface area contributed by atoms with E-state index >= 15 is 0 Å². The molecule has 0 aromatic carbocycles. The fourth-order valence-corrected chi connectivity index (χ4v) is 7.98. The van der Waals surface area contributed by atoms with E-state index in [-0.39, 0.29) is 16.2 Å². The van der Waals surface area contributed by atoms with Gasteiger partial charge in [0.15, 0.2) is 11.5 Å². The molecule has 1 unspecified atom stereocenters. The second-order valence-corrected chi connectivity index (χ2v) is 15.0. The Labute approximate surface area is 244 Å². The zero-order chi connectivity index (χ0) is 27.6. The van der Waals surface area contributed by atoms with Crippen molar-refractivity contribution in [2.75, 3.05) is 18.0 Å². The van der Waals surface area contributed by atoms with Crippen LogP contribution >= 0.6 is 23.4 Å². The van der Waals surface area contributed by atoms with Gasteiger partial charge < -0.3 is 13.9 Å². The molecular weight excluding hydrogens is 566 g/mol. The molecule has 1 fully saturated rings. The van der Waals surface area contributed by atoms with E-state index in [0.717, 1.165) is 65.1 Å². The SMILES string of the molecule is CC(C)(C)[S+]([O-])N[C@@H]1c2ccnn2CC12CCN(c1ncc(Sc3ccn4ccnc4c3Cl)n3cncc13)CC2. The highest BCUT2D eigenvalue weighted by molar-refractivity contribution is 7.99. The van der Waals surface area contributed by atoms with Crippen molar-refractivity contribution >= 4 is 51.7 Å². The van der Waals surface area contributed by atoms with Crippen molar-refractivity contribution in [1.82, 2.24) is 38.3 Å². The molecule has 40 heavy (non-hydrogen) atoms. The van der Waals surface area contributed by atoms with Gasteiger partial charge in [-0.25, -0.2) is 15.0 Å². The highest BCUT2D eigenvalue weighted by Crippen LogP contribution is 2.50. The number of anilines is 1. The van der Waals surface area contributed by atoms with Crippen LogP contribution in [0.2, 0.25) is 5.02 Å². The minimum Gasteiger partial charge on any atom is -0.598 e. The molecule has 1 saturated heterocycles. The number of imidazole rings is 2. The van der Waals surface area contributed by atoms with Crippen molar-refractivity contribution in [3.8, 4) is 0 Å². The molecule has 7 rings (SSSR count). The van der Waals surface area contributed by atoms with Crippen LogP contribution in [0.3, 0.4) is 0 Å². The quantitative estimate of drug-likeness (QED) is 0.290. The van der Waals surface area contributed by atoms with Gasteiger partial charge in [0.05, 0.1) is 23.1 Å². The number of hydrogen-bond acceptors (Lipinski definition) is 8. The summed E-state index contributed by atoms with van der Waals surface area (Å²) in [5.74, 6) is 0.921. The van der Waals surface area contributed by atoms with Crippen LogP contribution in [0.1, 0.15) is 45.3 Å². The lowest BCUT2D eigenvalue weighted by atomic mass is 9.73. The first-order chi connectivity index (χ1) is 19.2. The van der Waals surface area contributed by atoms with Gasteiger partial charge in [-0.15, -0.1) is 4.72 Å². The number of fused-ring (bicyclic) bond motifs is 3. The van der Waals surface area contributed by atoms with Crippen LogP contribution < -0.4 is 9.62 Å². The van der Waals surface area contributed by atoms with Crippen LogP contribution in [0.15, 0.2) is 65.6 Å². The summed E-state index contributed by atoms with van der Waals surface area (Å²) in [4.78, 5) is 17.0. The zero-order valence-corrected chi connectivity index (χ0v) is 24.9. The lowest BCUT2D eigenvalue weighted by Gasteiger charge is -2.43. The molecule has 0 saturated carbocycles. The molecule has 2 atom stereocenters. The van der Waals surface area contributed by atoms with Crippen molar-refractivity contribution < 1.29 is 4.55 Å². The molecule has 2 aliphatic rings. The monoisotopic (exact) mass is 595 g/mol. The average molecular weight is 596 g/mol. The summed E-state index contributed by atoms with van der Waals surface area (Å²) in [6, 6.07) is 4.05. The molecule has 5 aromatic heterocycles. The van der Waals surface area contributed by atoms with Crippen LogP contribution in [0.25, 0.3) is 11.2 Å². The fraction of sp³-hybridized carbons (Fsp3) is 0.407. The van der Waals surface area contributed by atoms with Crippen LogP contribution in [-0.4, -0.2) is 55.9 Å². The van der Waals surface area contributed by atoms with Gasteiger partial charge in [0.2, 0.25) is 0 Å². The average Bonchev–Trinajstić information content (AvgIpc) is 3.72. The molecule has 7 heterocycles. The van der Waals surface area contributed by atoms with E-state index in [2.05, 4.69) is 39.8 Å². The van der Waals surface area contributed by atoms with Crippen LogP contribution in [0, 0.1) is 5.41 Å². The first kappa shape index (κ1) is 26.1. The molecule has 1 N–H and O–H groups in total. The Morgan fingerprint density at radius 2 is 1.95 bits per heavy atom. The van der Waals surface area contributed by atoms with Gasteiger partial charge in [0, 0.05) is 66.1 Å². The third-order valence-electron chi connectivity index (χ3n) is 8.05. The number of pyridine rings is 1. The minimum atomic E-state index is -1.18. The Morgan fingerprint density at radius 3 is 2.75 bits per heavy atom. The highest BCUT2D eigenvalue weighted by atomic mass is 35.5. The lowest BCUT2D eigenvalue weighted by molar-refractivity contribution is 0.160. The van der Waals surface area contributed by atoms with E-state index in [4.69, 9.17) is 16.6 Å². The fourth-order valence-electron chi connectivity index (χ4n) is 5.83. The van der Waals surface area contributed by atoms with Crippen LogP contribution in [-0.2, 0) is 17.9 Å². The van der Waals surface area contributed by atoms with Crippen molar-refractivity contribution in [2.24, 2.45) is 5.41 Å². The maximum Gasteiger partial charge on any atom is 0.156 e. The summed E-state index contributed by atoms with van der Waals surface area (Å²) in [6.07, 6.45) is 14.9. The second-order valence-electron chi connectivity index (χ2n) is 11.5. The predicted octanol–water partition coefficient (Wildman–Crippen LogP) is 4.77. The topological polar surface area (TPSA) is 104 Å². The summed E-state index contributed by atoms with van der Waals surface area (Å²) in [5.41, 5.74) is 2.77. The maximum atomic E-state index is 13.1. The lowest BCUT2D eigenvalue weighted by Crippen LogP contribution is -2.50. The normalized spacial score (nSPS) is 19.6. The molecule has 10 nitrogen and oxygen atoms in total. The minimum absolute atomic E-state index is 0.00361. The number of piperidine rings is 1. The van der Waals surface area contributed by atoms with Gasteiger partial charge in [-0.3, -0.25) is 9.08 Å². The van der Waals surface area contributed by atoms with E-state index in [1.807, 2.05) is 68.5 Å². The number of nitrogens with one attached hydrogen (secondary N) is 1. The highest BCUT2D eigenvalue weighted by Gasteiger charge is 2.51. The Morgan fingerprint density at radius 1 is 1.12 bits per heavy atom. The second kappa shape index (κ2) is 9.66. The Balaban J connectivity index is 1.13. The summed E-state index contributed by atoms with van der Waals surface area (Å²) in [6.45, 7) is 8.53. The van der Waals surface area contributed by atoms with Crippen LogP contribution in [0.4, 0.5) is 5.82 Å². The largest absolute Gasteiger partial charge is 0.598 e. The van der Waals surface area contributed by atoms with E-state index in [0.29, 0.717) is 5.02 Å². The van der Waals surface area contributed by atoms with Crippen molar-refractivity contribution in [1.29, 1.82) is 0 Å². The summed E-state index contributed by atoms with van der Waals surface area (Å²) >= 11 is 7.05. The van der Waals surface area contributed by atoms with E-state index in [9.17, 15) is 4.55 Å². The summed E-state index contributed by atoms with van der Waals surface area (Å²) in [5, 5.41) is 6.11. The Kier molecular flexibility index (Phi) is 6.31. The van der Waals surface area contributed by atoms with Gasteiger partial charge in [-0.05, 0) is 45.7 Å². The molecule has 1 spiro atoms. The predicted molar refractivity (Wildman–Crippen MR) is 157 cm³/mol. The number of nitrogens with zero attached hydrogens (tertiary/aromatic N) is 8. The van der Waals surface area contributed by atoms with E-state index in [1.165, 1.54) is 0 Å². The molecule has 5 aromatic rings. The van der Waals surface area contributed by atoms with E-state index in [1.54, 1.807) is 18.0 Å². The Hall–Kier alpha value is -2.77. The standard InChI is InChI=1S/C27H30ClN9OS2/c1-26(2,3)40(38)33-23-18-4-8-32-37(18)16-27(23)6-11-35(12-7-27)24-19-14-29-17-36(19)21(15-31-24)39-20-5-10-34-13-9-30-25(34)22(20)28/h4-5,8-10,13-15,17,23,33H,6-7,11-12,16H2,1-3H3/t23-,40?/m1/s1. The molecule has 208 valence electrons. The maximum absolute atomic E-state index is 13.1. The molecule has 0 amide bonds. The smallest absolute Gasteiger partial charge is 0.156 e. The summed E-state index contributed by atoms with van der Waals surface area (Å²) < 4.78 is 22.3. The number of halogens is 1. The molecule has 0 aliphatic carbocycles. The third kappa shape index (κ3) is 4.28.